The molecule has 0 unspecified atom stereocenters. The molecular weight excluding hydrogens is 346 g/mol. The minimum absolute atomic E-state index is 0.00615. The van der Waals surface area contributed by atoms with Crippen molar-refractivity contribution in [3.8, 4) is 16.9 Å². The number of anilines is 1. The number of nitrogens with two attached hydrogens (primary N) is 1. The third-order valence-electron chi connectivity index (χ3n) is 3.83. The lowest BCUT2D eigenvalue weighted by atomic mass is 10.0. The fourth-order valence-corrected chi connectivity index (χ4v) is 2.53. The topological polar surface area (TPSA) is 35.2 Å². The molecule has 0 amide bonds. The van der Waals surface area contributed by atoms with Crippen LogP contribution >= 0.6 is 0 Å². The molecule has 0 heterocycles. The summed E-state index contributed by atoms with van der Waals surface area (Å²) in [6, 6.07) is 16.4. The van der Waals surface area contributed by atoms with Gasteiger partial charge in [0, 0.05) is 16.8 Å². The highest BCUT2D eigenvalue weighted by molar-refractivity contribution is 5.74. The van der Waals surface area contributed by atoms with Crippen LogP contribution < -0.4 is 10.5 Å². The van der Waals surface area contributed by atoms with E-state index < -0.39 is 17.6 Å². The number of halogens is 4. The monoisotopic (exact) mass is 361 g/mol. The molecule has 0 aromatic heterocycles. The van der Waals surface area contributed by atoms with Crippen molar-refractivity contribution >= 4 is 5.69 Å². The van der Waals surface area contributed by atoms with Crippen LogP contribution in [0.3, 0.4) is 0 Å². The number of ether oxygens (including phenoxy) is 1. The summed E-state index contributed by atoms with van der Waals surface area (Å²) in [4.78, 5) is 0. The number of rotatable bonds is 4. The van der Waals surface area contributed by atoms with Crippen molar-refractivity contribution in [2.75, 3.05) is 5.73 Å². The van der Waals surface area contributed by atoms with E-state index >= 15 is 0 Å². The van der Waals surface area contributed by atoms with Crippen LogP contribution in [0.15, 0.2) is 66.7 Å². The fraction of sp³-hybridized carbons (Fsp3) is 0.100. The van der Waals surface area contributed by atoms with Gasteiger partial charge in [-0.05, 0) is 35.9 Å². The van der Waals surface area contributed by atoms with Crippen molar-refractivity contribution < 1.29 is 22.3 Å². The summed E-state index contributed by atoms with van der Waals surface area (Å²) in [6.07, 6.45) is -4.61. The van der Waals surface area contributed by atoms with Crippen LogP contribution in [0.2, 0.25) is 0 Å². The summed E-state index contributed by atoms with van der Waals surface area (Å²) in [5.41, 5.74) is 6.27. The first kappa shape index (κ1) is 17.8. The summed E-state index contributed by atoms with van der Waals surface area (Å²) < 4.78 is 58.3. The standard InChI is InChI=1S/C20H15F4NO/c21-18-10-14(20(22,23)24)6-8-16(18)17-11-15(25)7-9-19(17)26-12-13-4-2-1-3-5-13/h1-11H,12,25H2. The molecular formula is C20H15F4NO. The second-order valence-corrected chi connectivity index (χ2v) is 5.72. The average molecular weight is 361 g/mol. The van der Waals surface area contributed by atoms with Gasteiger partial charge in [-0.3, -0.25) is 0 Å². The first-order valence-corrected chi connectivity index (χ1v) is 7.78. The van der Waals surface area contributed by atoms with Crippen molar-refractivity contribution in [2.24, 2.45) is 0 Å². The SMILES string of the molecule is Nc1ccc(OCc2ccccc2)c(-c2ccc(C(F)(F)F)cc2F)c1. The molecule has 0 atom stereocenters. The lowest BCUT2D eigenvalue weighted by Gasteiger charge is -2.14. The van der Waals surface area contributed by atoms with E-state index in [1.54, 1.807) is 12.1 Å². The quantitative estimate of drug-likeness (QED) is 0.480. The van der Waals surface area contributed by atoms with Crippen molar-refractivity contribution in [3.05, 3.63) is 83.7 Å². The molecule has 0 aliphatic carbocycles. The summed E-state index contributed by atoms with van der Waals surface area (Å²) >= 11 is 0. The van der Waals surface area contributed by atoms with E-state index in [-0.39, 0.29) is 12.2 Å². The number of hydrogen-bond acceptors (Lipinski definition) is 2. The zero-order chi connectivity index (χ0) is 18.7. The van der Waals surface area contributed by atoms with Gasteiger partial charge in [-0.15, -0.1) is 0 Å². The molecule has 0 fully saturated rings. The second kappa shape index (κ2) is 7.07. The highest BCUT2D eigenvalue weighted by Gasteiger charge is 2.31. The largest absolute Gasteiger partial charge is 0.488 e. The zero-order valence-corrected chi connectivity index (χ0v) is 13.6. The van der Waals surface area contributed by atoms with Crippen LogP contribution in [0.1, 0.15) is 11.1 Å². The predicted octanol–water partition coefficient (Wildman–Crippen LogP) is 5.67. The summed E-state index contributed by atoms with van der Waals surface area (Å²) in [7, 11) is 0. The zero-order valence-electron chi connectivity index (χ0n) is 13.6. The van der Waals surface area contributed by atoms with Crippen LogP contribution in [0, 0.1) is 5.82 Å². The van der Waals surface area contributed by atoms with Crippen LogP contribution in [0.25, 0.3) is 11.1 Å². The molecule has 0 bridgehead atoms. The maximum atomic E-state index is 14.3. The molecule has 0 saturated heterocycles. The molecule has 0 radical (unpaired) electrons. The number of benzene rings is 3. The van der Waals surface area contributed by atoms with Gasteiger partial charge in [-0.1, -0.05) is 36.4 Å². The van der Waals surface area contributed by atoms with Crippen molar-refractivity contribution in [2.45, 2.75) is 12.8 Å². The van der Waals surface area contributed by atoms with Crippen LogP contribution in [0.4, 0.5) is 23.2 Å². The number of hydrogen-bond donors (Lipinski definition) is 1. The van der Waals surface area contributed by atoms with Crippen molar-refractivity contribution in [1.29, 1.82) is 0 Å². The summed E-state index contributed by atoms with van der Waals surface area (Å²) in [6.45, 7) is 0.236. The van der Waals surface area contributed by atoms with Gasteiger partial charge in [0.2, 0.25) is 0 Å². The minimum atomic E-state index is -4.61. The van der Waals surface area contributed by atoms with Gasteiger partial charge >= 0.3 is 6.18 Å². The maximum absolute atomic E-state index is 14.3. The molecule has 26 heavy (non-hydrogen) atoms. The van der Waals surface area contributed by atoms with E-state index in [0.29, 0.717) is 23.1 Å². The molecule has 2 nitrogen and oxygen atoms in total. The Bertz CT molecular complexity index is 907. The molecule has 0 aliphatic rings. The summed E-state index contributed by atoms with van der Waals surface area (Å²) in [5.74, 6) is -0.656. The summed E-state index contributed by atoms with van der Waals surface area (Å²) in [5, 5.41) is 0. The van der Waals surface area contributed by atoms with Gasteiger partial charge in [0.05, 0.1) is 5.56 Å². The third-order valence-corrected chi connectivity index (χ3v) is 3.83. The van der Waals surface area contributed by atoms with Crippen LogP contribution in [-0.4, -0.2) is 0 Å². The molecule has 0 saturated carbocycles. The molecule has 3 aromatic carbocycles. The normalized spacial score (nSPS) is 11.4. The van der Waals surface area contributed by atoms with Crippen molar-refractivity contribution in [1.82, 2.24) is 0 Å². The Labute approximate surface area is 147 Å². The lowest BCUT2D eigenvalue weighted by Crippen LogP contribution is -2.06. The van der Waals surface area contributed by atoms with Gasteiger partial charge in [-0.2, -0.15) is 13.2 Å². The van der Waals surface area contributed by atoms with E-state index in [1.165, 1.54) is 6.07 Å². The van der Waals surface area contributed by atoms with Gasteiger partial charge in [-0.25, -0.2) is 4.39 Å². The Morgan fingerprint density at radius 3 is 2.23 bits per heavy atom. The maximum Gasteiger partial charge on any atom is 0.416 e. The average Bonchev–Trinajstić information content (AvgIpc) is 2.61. The van der Waals surface area contributed by atoms with E-state index in [4.69, 9.17) is 10.5 Å². The Kier molecular flexibility index (Phi) is 4.84. The van der Waals surface area contributed by atoms with E-state index in [9.17, 15) is 17.6 Å². The lowest BCUT2D eigenvalue weighted by molar-refractivity contribution is -0.137. The van der Waals surface area contributed by atoms with E-state index in [0.717, 1.165) is 17.7 Å². The third kappa shape index (κ3) is 3.96. The number of nitrogen functional groups attached to an aromatic ring is 1. The Balaban J connectivity index is 1.95. The Morgan fingerprint density at radius 2 is 1.58 bits per heavy atom. The van der Waals surface area contributed by atoms with Gasteiger partial charge in [0.25, 0.3) is 0 Å². The van der Waals surface area contributed by atoms with Crippen LogP contribution in [-0.2, 0) is 12.8 Å². The molecule has 6 heteroatoms. The first-order chi connectivity index (χ1) is 12.3. The van der Waals surface area contributed by atoms with Crippen LogP contribution in [0.5, 0.6) is 5.75 Å². The molecule has 2 N–H and O–H groups in total. The van der Waals surface area contributed by atoms with E-state index in [1.807, 2.05) is 30.3 Å². The van der Waals surface area contributed by atoms with E-state index in [2.05, 4.69) is 0 Å². The first-order valence-electron chi connectivity index (χ1n) is 7.78. The second-order valence-electron chi connectivity index (χ2n) is 5.72. The fourth-order valence-electron chi connectivity index (χ4n) is 2.53. The molecule has 134 valence electrons. The smallest absolute Gasteiger partial charge is 0.416 e. The molecule has 3 rings (SSSR count). The Morgan fingerprint density at radius 1 is 0.846 bits per heavy atom. The van der Waals surface area contributed by atoms with Crippen molar-refractivity contribution in [3.63, 3.8) is 0 Å². The molecule has 0 aliphatic heterocycles. The highest BCUT2D eigenvalue weighted by atomic mass is 19.4. The highest BCUT2D eigenvalue weighted by Crippen LogP contribution is 2.37. The minimum Gasteiger partial charge on any atom is -0.488 e. The molecule has 3 aromatic rings. The van der Waals surface area contributed by atoms with Gasteiger partial charge in [0.15, 0.2) is 0 Å². The Hall–Kier alpha value is -3.02. The predicted molar refractivity (Wildman–Crippen MR) is 92.0 cm³/mol. The number of alkyl halides is 3. The van der Waals surface area contributed by atoms with Gasteiger partial charge in [0.1, 0.15) is 18.2 Å². The molecule has 0 spiro atoms. The van der Waals surface area contributed by atoms with Gasteiger partial charge < -0.3 is 10.5 Å².